The van der Waals surface area contributed by atoms with Gasteiger partial charge >= 0.3 is 5.97 Å². The number of fused-ring (bicyclic) bond motifs is 1. The van der Waals surface area contributed by atoms with Crippen molar-refractivity contribution in [1.82, 2.24) is 0 Å². The summed E-state index contributed by atoms with van der Waals surface area (Å²) >= 11 is 0. The highest BCUT2D eigenvalue weighted by atomic mass is 16.5. The summed E-state index contributed by atoms with van der Waals surface area (Å²) in [7, 11) is 2.91. The standard InChI is InChI=1S/C18H18O5/c1-10-16-13(19)8-11(12-6-4-5-7-14(12)21-2)9-15(16)23-17(10)18(20)22-3/h4-7,11H,8-9H2,1-3H3/t11-/m0/s1. The van der Waals surface area contributed by atoms with Gasteiger partial charge in [0, 0.05) is 24.3 Å². The third kappa shape index (κ3) is 2.52. The monoisotopic (exact) mass is 314 g/mol. The van der Waals surface area contributed by atoms with Crippen molar-refractivity contribution in [3.63, 3.8) is 0 Å². The van der Waals surface area contributed by atoms with Crippen LogP contribution >= 0.6 is 0 Å². The number of Topliss-reactive ketones (excluding diaryl/α,β-unsaturated/α-hetero) is 1. The molecule has 5 nitrogen and oxygen atoms in total. The molecule has 1 aromatic carbocycles. The van der Waals surface area contributed by atoms with Gasteiger partial charge in [0.1, 0.15) is 11.5 Å². The molecule has 120 valence electrons. The van der Waals surface area contributed by atoms with Gasteiger partial charge in [0.25, 0.3) is 0 Å². The van der Waals surface area contributed by atoms with Gasteiger partial charge in [-0.3, -0.25) is 4.79 Å². The topological polar surface area (TPSA) is 65.7 Å². The number of carbonyl (C=O) groups is 2. The van der Waals surface area contributed by atoms with Crippen molar-refractivity contribution in [3.8, 4) is 5.75 Å². The molecule has 0 spiro atoms. The lowest BCUT2D eigenvalue weighted by atomic mass is 9.81. The Bertz CT molecular complexity index is 772. The molecule has 0 fully saturated rings. The Kier molecular flexibility index (Phi) is 3.94. The largest absolute Gasteiger partial charge is 0.496 e. The van der Waals surface area contributed by atoms with Crippen molar-refractivity contribution in [2.75, 3.05) is 14.2 Å². The second-order valence-corrected chi connectivity index (χ2v) is 5.62. The minimum Gasteiger partial charge on any atom is -0.496 e. The number of ether oxygens (including phenoxy) is 2. The van der Waals surface area contributed by atoms with Crippen LogP contribution in [-0.2, 0) is 11.2 Å². The van der Waals surface area contributed by atoms with Crippen LogP contribution in [0.1, 0.15) is 50.1 Å². The highest BCUT2D eigenvalue weighted by molar-refractivity contribution is 6.03. The molecule has 0 saturated heterocycles. The molecule has 1 aromatic heterocycles. The van der Waals surface area contributed by atoms with E-state index in [1.807, 2.05) is 24.3 Å². The minimum atomic E-state index is -0.557. The van der Waals surface area contributed by atoms with Crippen LogP contribution < -0.4 is 4.74 Å². The van der Waals surface area contributed by atoms with Gasteiger partial charge in [-0.15, -0.1) is 0 Å². The fraction of sp³-hybridized carbons (Fsp3) is 0.333. The number of furan rings is 1. The van der Waals surface area contributed by atoms with Crippen LogP contribution in [0.15, 0.2) is 28.7 Å². The summed E-state index contributed by atoms with van der Waals surface area (Å²) in [6, 6.07) is 7.65. The summed E-state index contributed by atoms with van der Waals surface area (Å²) in [6.45, 7) is 1.72. The van der Waals surface area contributed by atoms with E-state index in [0.29, 0.717) is 29.7 Å². The second-order valence-electron chi connectivity index (χ2n) is 5.62. The number of carbonyl (C=O) groups excluding carboxylic acids is 2. The van der Waals surface area contributed by atoms with Gasteiger partial charge < -0.3 is 13.9 Å². The first-order valence-electron chi connectivity index (χ1n) is 7.43. The molecule has 1 atom stereocenters. The first-order chi connectivity index (χ1) is 11.1. The third-order valence-corrected chi connectivity index (χ3v) is 4.31. The van der Waals surface area contributed by atoms with Crippen molar-refractivity contribution in [2.24, 2.45) is 0 Å². The van der Waals surface area contributed by atoms with Crippen molar-refractivity contribution in [3.05, 3.63) is 52.5 Å². The molecule has 0 aliphatic heterocycles. The van der Waals surface area contributed by atoms with Gasteiger partial charge in [-0.1, -0.05) is 18.2 Å². The van der Waals surface area contributed by atoms with Crippen molar-refractivity contribution < 1.29 is 23.5 Å². The summed E-state index contributed by atoms with van der Waals surface area (Å²) in [5.41, 5.74) is 2.06. The van der Waals surface area contributed by atoms with E-state index in [-0.39, 0.29) is 17.5 Å². The summed E-state index contributed by atoms with van der Waals surface area (Å²) in [5, 5.41) is 0. The second kappa shape index (κ2) is 5.91. The molecule has 5 heteroatoms. The van der Waals surface area contributed by atoms with Crippen LogP contribution in [-0.4, -0.2) is 26.0 Å². The van der Waals surface area contributed by atoms with Gasteiger partial charge in [-0.05, 0) is 18.6 Å². The molecule has 23 heavy (non-hydrogen) atoms. The predicted octanol–water partition coefficient (Wildman–Crippen LogP) is 3.30. The molecule has 1 aliphatic rings. The molecule has 0 amide bonds. The Labute approximate surface area is 134 Å². The molecule has 0 radical (unpaired) electrons. The number of rotatable bonds is 3. The Morgan fingerprint density at radius 2 is 1.96 bits per heavy atom. The summed E-state index contributed by atoms with van der Waals surface area (Å²) in [5.74, 6) is 0.825. The van der Waals surface area contributed by atoms with Crippen molar-refractivity contribution in [2.45, 2.75) is 25.7 Å². The van der Waals surface area contributed by atoms with Gasteiger partial charge in [-0.25, -0.2) is 4.79 Å². The lowest BCUT2D eigenvalue weighted by Crippen LogP contribution is -2.18. The van der Waals surface area contributed by atoms with Gasteiger partial charge in [0.2, 0.25) is 5.76 Å². The fourth-order valence-corrected chi connectivity index (χ4v) is 3.21. The van der Waals surface area contributed by atoms with E-state index in [9.17, 15) is 9.59 Å². The Morgan fingerprint density at radius 1 is 1.22 bits per heavy atom. The molecular weight excluding hydrogens is 296 g/mol. The summed E-state index contributed by atoms with van der Waals surface area (Å²) in [4.78, 5) is 24.3. The van der Waals surface area contributed by atoms with Gasteiger partial charge in [-0.2, -0.15) is 0 Å². The van der Waals surface area contributed by atoms with Crippen LogP contribution in [0.3, 0.4) is 0 Å². The highest BCUT2D eigenvalue weighted by Gasteiger charge is 2.35. The zero-order valence-corrected chi connectivity index (χ0v) is 13.3. The lowest BCUT2D eigenvalue weighted by molar-refractivity contribution is 0.0561. The third-order valence-electron chi connectivity index (χ3n) is 4.31. The molecule has 0 saturated carbocycles. The maximum atomic E-state index is 12.6. The Hall–Kier alpha value is -2.56. The smallest absolute Gasteiger partial charge is 0.374 e. The Balaban J connectivity index is 2.01. The van der Waals surface area contributed by atoms with Crippen LogP contribution in [0.4, 0.5) is 0 Å². The SMILES string of the molecule is COC(=O)c1oc2c(c1C)C(=O)C[C@H](c1ccccc1OC)C2. The van der Waals surface area contributed by atoms with Gasteiger partial charge in [0.05, 0.1) is 19.8 Å². The predicted molar refractivity (Wildman–Crippen MR) is 83.2 cm³/mol. The number of methoxy groups -OCH3 is 2. The van der Waals surface area contributed by atoms with E-state index in [1.165, 1.54) is 7.11 Å². The van der Waals surface area contributed by atoms with E-state index in [4.69, 9.17) is 13.9 Å². The molecule has 1 aliphatic carbocycles. The van der Waals surface area contributed by atoms with Crippen molar-refractivity contribution >= 4 is 11.8 Å². The zero-order valence-electron chi connectivity index (χ0n) is 13.3. The molecule has 0 bridgehead atoms. The van der Waals surface area contributed by atoms with E-state index in [0.717, 1.165) is 11.3 Å². The number of hydrogen-bond acceptors (Lipinski definition) is 5. The van der Waals surface area contributed by atoms with E-state index in [2.05, 4.69) is 0 Å². The molecule has 1 heterocycles. The van der Waals surface area contributed by atoms with Crippen LogP contribution in [0, 0.1) is 6.92 Å². The summed E-state index contributed by atoms with van der Waals surface area (Å²) < 4.78 is 15.8. The first-order valence-corrected chi connectivity index (χ1v) is 7.43. The quantitative estimate of drug-likeness (QED) is 0.813. The maximum Gasteiger partial charge on any atom is 0.374 e. The number of esters is 1. The molecule has 2 aromatic rings. The molecule has 0 N–H and O–H groups in total. The van der Waals surface area contributed by atoms with Gasteiger partial charge in [0.15, 0.2) is 5.78 Å². The fourth-order valence-electron chi connectivity index (χ4n) is 3.21. The lowest BCUT2D eigenvalue weighted by Gasteiger charge is -2.22. The van der Waals surface area contributed by atoms with Crippen LogP contribution in [0.25, 0.3) is 0 Å². The number of ketones is 1. The molecule has 0 unspecified atom stereocenters. The number of hydrogen-bond donors (Lipinski definition) is 0. The molecule has 3 rings (SSSR count). The van der Waals surface area contributed by atoms with E-state index < -0.39 is 5.97 Å². The van der Waals surface area contributed by atoms with E-state index in [1.54, 1.807) is 14.0 Å². The summed E-state index contributed by atoms with van der Waals surface area (Å²) in [6.07, 6.45) is 0.924. The van der Waals surface area contributed by atoms with Crippen LogP contribution in [0.5, 0.6) is 5.75 Å². The zero-order chi connectivity index (χ0) is 16.6. The van der Waals surface area contributed by atoms with E-state index >= 15 is 0 Å². The van der Waals surface area contributed by atoms with Crippen LogP contribution in [0.2, 0.25) is 0 Å². The Morgan fingerprint density at radius 3 is 2.65 bits per heavy atom. The minimum absolute atomic E-state index is 0.0152. The maximum absolute atomic E-state index is 12.6. The van der Waals surface area contributed by atoms with Crippen molar-refractivity contribution in [1.29, 1.82) is 0 Å². The average Bonchev–Trinajstić information content (AvgIpc) is 2.91. The number of benzene rings is 1. The first kappa shape index (κ1) is 15.3. The highest BCUT2D eigenvalue weighted by Crippen LogP contribution is 2.39. The average molecular weight is 314 g/mol. The normalized spacial score (nSPS) is 16.8. The number of para-hydroxylation sites is 1. The molecular formula is C18H18O5.